The Morgan fingerprint density at radius 2 is 1.82 bits per heavy atom. The van der Waals surface area contributed by atoms with Crippen molar-refractivity contribution < 1.29 is 24.2 Å². The molecule has 7 heteroatoms. The Kier molecular flexibility index (Phi) is 4.56. The van der Waals surface area contributed by atoms with Crippen molar-refractivity contribution in [2.75, 3.05) is 33.3 Å². The molecular weight excluding hydrogens is 360 g/mol. The number of methoxy groups -OCH3 is 1. The minimum Gasteiger partial charge on any atom is -0.496 e. The van der Waals surface area contributed by atoms with Crippen LogP contribution in [0.2, 0.25) is 0 Å². The van der Waals surface area contributed by atoms with Gasteiger partial charge in [-0.3, -0.25) is 14.4 Å². The van der Waals surface area contributed by atoms with Crippen LogP contribution in [0.1, 0.15) is 35.2 Å². The number of fused-ring (bicyclic) bond motifs is 1. The normalized spacial score (nSPS) is 26.7. The second-order valence-corrected chi connectivity index (χ2v) is 8.37. The highest BCUT2D eigenvalue weighted by Crippen LogP contribution is 2.44. The summed E-state index contributed by atoms with van der Waals surface area (Å²) < 4.78 is 5.30. The molecule has 3 fully saturated rings. The molecule has 2 heterocycles. The highest BCUT2D eigenvalue weighted by atomic mass is 16.5. The number of nitrogens with zero attached hydrogens (tertiary/aromatic N) is 2. The van der Waals surface area contributed by atoms with Crippen LogP contribution < -0.4 is 4.74 Å². The van der Waals surface area contributed by atoms with E-state index in [1.54, 1.807) is 29.0 Å². The maximum atomic E-state index is 13.0. The number of aryl methyl sites for hydroxylation is 1. The number of carbonyl (C=O) groups excluding carboxylic acids is 2. The van der Waals surface area contributed by atoms with Gasteiger partial charge in [-0.15, -0.1) is 0 Å². The Morgan fingerprint density at radius 3 is 2.39 bits per heavy atom. The zero-order valence-corrected chi connectivity index (χ0v) is 16.3. The molecule has 1 aromatic rings. The van der Waals surface area contributed by atoms with E-state index < -0.39 is 11.4 Å². The molecule has 1 aliphatic carbocycles. The molecule has 2 aliphatic heterocycles. The molecule has 0 spiro atoms. The number of hydrogen-bond donors (Lipinski definition) is 1. The van der Waals surface area contributed by atoms with Crippen molar-refractivity contribution in [2.45, 2.75) is 26.2 Å². The van der Waals surface area contributed by atoms with Crippen molar-refractivity contribution >= 4 is 17.8 Å². The molecule has 1 aromatic carbocycles. The molecular formula is C21H26N2O5. The maximum absolute atomic E-state index is 13.0. The van der Waals surface area contributed by atoms with E-state index >= 15 is 0 Å². The summed E-state index contributed by atoms with van der Waals surface area (Å²) >= 11 is 0. The van der Waals surface area contributed by atoms with Crippen molar-refractivity contribution in [3.05, 3.63) is 29.3 Å². The van der Waals surface area contributed by atoms with Gasteiger partial charge in [-0.25, -0.2) is 0 Å². The van der Waals surface area contributed by atoms with Gasteiger partial charge < -0.3 is 19.6 Å². The van der Waals surface area contributed by atoms with Crippen LogP contribution in [0.5, 0.6) is 5.75 Å². The highest BCUT2D eigenvalue weighted by Gasteiger charge is 2.59. The summed E-state index contributed by atoms with van der Waals surface area (Å²) in [5.74, 6) is -0.561. The van der Waals surface area contributed by atoms with Crippen molar-refractivity contribution in [1.82, 2.24) is 9.80 Å². The smallest absolute Gasteiger partial charge is 0.313 e. The fourth-order valence-electron chi connectivity index (χ4n) is 4.74. The summed E-state index contributed by atoms with van der Waals surface area (Å²) in [5, 5.41) is 9.98. The lowest BCUT2D eigenvalue weighted by atomic mass is 9.81. The molecule has 0 radical (unpaired) electrons. The Hall–Kier alpha value is -2.57. The van der Waals surface area contributed by atoms with E-state index in [4.69, 9.17) is 4.74 Å². The van der Waals surface area contributed by atoms with Gasteiger partial charge in [-0.2, -0.15) is 0 Å². The van der Waals surface area contributed by atoms with Crippen LogP contribution in [0.25, 0.3) is 0 Å². The number of likely N-dealkylation sites (tertiary alicyclic amines) is 2. The number of carbonyl (C=O) groups is 3. The molecule has 2 amide bonds. The minimum absolute atomic E-state index is 0.0578. The number of hydrogen-bond acceptors (Lipinski definition) is 4. The molecule has 1 N–H and O–H groups in total. The fourth-order valence-corrected chi connectivity index (χ4v) is 4.74. The lowest BCUT2D eigenvalue weighted by Gasteiger charge is -2.31. The lowest BCUT2D eigenvalue weighted by molar-refractivity contribution is -0.149. The van der Waals surface area contributed by atoms with Gasteiger partial charge in [0.05, 0.1) is 7.11 Å². The van der Waals surface area contributed by atoms with Gasteiger partial charge in [-0.1, -0.05) is 12.5 Å². The van der Waals surface area contributed by atoms with E-state index in [0.29, 0.717) is 24.4 Å². The van der Waals surface area contributed by atoms with Crippen molar-refractivity contribution in [2.24, 2.45) is 17.3 Å². The number of carboxylic acids is 1. The first-order chi connectivity index (χ1) is 13.4. The van der Waals surface area contributed by atoms with E-state index in [1.807, 2.05) is 13.0 Å². The van der Waals surface area contributed by atoms with Gasteiger partial charge in [0.15, 0.2) is 0 Å². The largest absolute Gasteiger partial charge is 0.496 e. The Bertz CT molecular complexity index is 834. The summed E-state index contributed by atoms with van der Waals surface area (Å²) in [6.45, 7) is 3.01. The summed E-state index contributed by atoms with van der Waals surface area (Å²) in [4.78, 5) is 41.1. The molecule has 0 unspecified atom stereocenters. The number of rotatable bonds is 4. The summed E-state index contributed by atoms with van der Waals surface area (Å²) in [5.41, 5.74) is 0.360. The Labute approximate surface area is 164 Å². The average molecular weight is 386 g/mol. The quantitative estimate of drug-likeness (QED) is 0.853. The summed E-state index contributed by atoms with van der Waals surface area (Å²) in [6, 6.07) is 5.27. The predicted octanol–water partition coefficient (Wildman–Crippen LogP) is 1.79. The Morgan fingerprint density at radius 1 is 1.14 bits per heavy atom. The SMILES string of the molecule is COc1cc(C(=O)N2C[C@H]3CN(C(=O)C4CCC4)C[C@@]3(C(=O)O)C2)ccc1C. The van der Waals surface area contributed by atoms with E-state index in [9.17, 15) is 19.5 Å². The van der Waals surface area contributed by atoms with Crippen LogP contribution in [0.3, 0.4) is 0 Å². The number of amides is 2. The number of aliphatic carboxylic acids is 1. The zero-order chi connectivity index (χ0) is 20.1. The molecule has 3 aliphatic rings. The van der Waals surface area contributed by atoms with Crippen LogP contribution in [-0.2, 0) is 9.59 Å². The van der Waals surface area contributed by atoms with Crippen molar-refractivity contribution in [1.29, 1.82) is 0 Å². The summed E-state index contributed by atoms with van der Waals surface area (Å²) in [7, 11) is 1.56. The first-order valence-electron chi connectivity index (χ1n) is 9.82. The highest BCUT2D eigenvalue weighted by molar-refractivity contribution is 5.96. The van der Waals surface area contributed by atoms with Crippen molar-refractivity contribution in [3.63, 3.8) is 0 Å². The Balaban J connectivity index is 1.52. The lowest BCUT2D eigenvalue weighted by Crippen LogP contribution is -2.44. The molecule has 1 saturated carbocycles. The average Bonchev–Trinajstić information content (AvgIpc) is 3.15. The van der Waals surface area contributed by atoms with Gasteiger partial charge >= 0.3 is 5.97 Å². The van der Waals surface area contributed by atoms with Crippen LogP contribution in [-0.4, -0.2) is 66.0 Å². The fraction of sp³-hybridized carbons (Fsp3) is 0.571. The third-order valence-electron chi connectivity index (χ3n) is 6.74. The number of carboxylic acid groups (broad SMARTS) is 1. The number of ether oxygens (including phenoxy) is 1. The molecule has 150 valence electrons. The molecule has 0 aromatic heterocycles. The molecule has 0 bridgehead atoms. The molecule has 2 saturated heterocycles. The van der Waals surface area contributed by atoms with Crippen molar-refractivity contribution in [3.8, 4) is 5.75 Å². The first-order valence-corrected chi connectivity index (χ1v) is 9.82. The third-order valence-corrected chi connectivity index (χ3v) is 6.74. The second kappa shape index (κ2) is 6.79. The van der Waals surface area contributed by atoms with Gasteiger partial charge in [0.1, 0.15) is 11.2 Å². The third kappa shape index (κ3) is 2.84. The number of benzene rings is 1. The van der Waals surface area contributed by atoms with E-state index in [0.717, 1.165) is 24.8 Å². The zero-order valence-electron chi connectivity index (χ0n) is 16.3. The molecule has 7 nitrogen and oxygen atoms in total. The van der Waals surface area contributed by atoms with Gasteiger partial charge in [0, 0.05) is 43.6 Å². The van der Waals surface area contributed by atoms with Crippen LogP contribution in [0, 0.1) is 24.2 Å². The molecule has 2 atom stereocenters. The standard InChI is InChI=1S/C21H26N2O5/c1-13-6-7-15(8-17(13)28-2)19(25)23-10-16-9-22(18(24)14-4-3-5-14)11-21(16,12-23)20(26)27/h6-8,14,16H,3-5,9-12H2,1-2H3,(H,26,27)/t16-,21-/m1/s1. The van der Waals surface area contributed by atoms with E-state index in [1.165, 1.54) is 0 Å². The van der Waals surface area contributed by atoms with Crippen LogP contribution in [0.15, 0.2) is 18.2 Å². The molecule has 28 heavy (non-hydrogen) atoms. The van der Waals surface area contributed by atoms with Gasteiger partial charge in [0.2, 0.25) is 5.91 Å². The first kappa shape index (κ1) is 18.8. The summed E-state index contributed by atoms with van der Waals surface area (Å²) in [6.07, 6.45) is 2.87. The van der Waals surface area contributed by atoms with Gasteiger partial charge in [0.25, 0.3) is 5.91 Å². The van der Waals surface area contributed by atoms with E-state index in [-0.39, 0.29) is 36.7 Å². The van der Waals surface area contributed by atoms with Crippen LogP contribution in [0.4, 0.5) is 0 Å². The second-order valence-electron chi connectivity index (χ2n) is 8.37. The van der Waals surface area contributed by atoms with Gasteiger partial charge in [-0.05, 0) is 37.5 Å². The monoisotopic (exact) mass is 386 g/mol. The van der Waals surface area contributed by atoms with Crippen LogP contribution >= 0.6 is 0 Å². The maximum Gasteiger partial charge on any atom is 0.313 e. The predicted molar refractivity (Wildman–Crippen MR) is 101 cm³/mol. The van der Waals surface area contributed by atoms with E-state index in [2.05, 4.69) is 0 Å². The topological polar surface area (TPSA) is 87.2 Å². The minimum atomic E-state index is -1.07. The molecule has 4 rings (SSSR count).